The Morgan fingerprint density at radius 1 is 1.08 bits per heavy atom. The van der Waals surface area contributed by atoms with E-state index in [2.05, 4.69) is 26.9 Å². The fourth-order valence-electron chi connectivity index (χ4n) is 2.81. The van der Waals surface area contributed by atoms with Crippen molar-refractivity contribution in [1.29, 1.82) is 0 Å². The van der Waals surface area contributed by atoms with Gasteiger partial charge in [0.2, 0.25) is 0 Å². The first-order valence-corrected chi connectivity index (χ1v) is 9.95. The van der Waals surface area contributed by atoms with Gasteiger partial charge >= 0.3 is 0 Å². The number of rotatable bonds is 7. The fraction of sp³-hybridized carbons (Fsp3) is 0.250. The first-order chi connectivity index (χ1) is 12.7. The van der Waals surface area contributed by atoms with E-state index in [1.54, 1.807) is 24.3 Å². The van der Waals surface area contributed by atoms with Gasteiger partial charge in [0.1, 0.15) is 5.82 Å². The Kier molecular flexibility index (Phi) is 5.09. The predicted molar refractivity (Wildman–Crippen MR) is 104 cm³/mol. The molecule has 0 bridgehead atoms. The number of hydrogen-bond acceptors (Lipinski definition) is 4. The van der Waals surface area contributed by atoms with Crippen LogP contribution >= 0.6 is 23.4 Å². The number of carbonyl (C=O) groups is 1. The summed E-state index contributed by atoms with van der Waals surface area (Å²) in [6.45, 7) is 0.733. The Balaban J connectivity index is 1.51. The largest absolute Gasteiger partial charge is 0.301 e. The lowest BCUT2D eigenvalue weighted by atomic mass is 10.1. The quantitative estimate of drug-likeness (QED) is 0.433. The number of Topliss-reactive ketones (excluding diaryl/α,β-unsaturated/α-hetero) is 1. The van der Waals surface area contributed by atoms with Crippen LogP contribution in [0.2, 0.25) is 5.02 Å². The van der Waals surface area contributed by atoms with Gasteiger partial charge in [-0.25, -0.2) is 0 Å². The van der Waals surface area contributed by atoms with Crippen LogP contribution in [-0.2, 0) is 6.54 Å². The van der Waals surface area contributed by atoms with E-state index in [0.717, 1.165) is 17.5 Å². The van der Waals surface area contributed by atoms with Crippen LogP contribution in [0.3, 0.4) is 0 Å². The van der Waals surface area contributed by atoms with Crippen molar-refractivity contribution in [3.8, 4) is 0 Å². The van der Waals surface area contributed by atoms with Crippen molar-refractivity contribution in [2.24, 2.45) is 0 Å². The maximum atomic E-state index is 12.4. The minimum atomic E-state index is 0.0638. The Bertz CT molecular complexity index is 905. The molecule has 1 aromatic heterocycles. The molecule has 1 saturated carbocycles. The lowest BCUT2D eigenvalue weighted by molar-refractivity contribution is 0.102. The van der Waals surface area contributed by atoms with Gasteiger partial charge in [-0.05, 0) is 42.7 Å². The number of ketones is 1. The summed E-state index contributed by atoms with van der Waals surface area (Å²) in [5, 5.41) is 10.2. The highest BCUT2D eigenvalue weighted by molar-refractivity contribution is 7.99. The van der Waals surface area contributed by atoms with Crippen molar-refractivity contribution in [3.63, 3.8) is 0 Å². The molecule has 1 aliphatic carbocycles. The molecule has 6 heteroatoms. The molecule has 0 spiro atoms. The number of halogens is 1. The number of thioether (sulfide) groups is 1. The van der Waals surface area contributed by atoms with Gasteiger partial charge in [0.15, 0.2) is 10.9 Å². The first-order valence-electron chi connectivity index (χ1n) is 8.59. The minimum Gasteiger partial charge on any atom is -0.301 e. The van der Waals surface area contributed by atoms with E-state index < -0.39 is 0 Å². The number of hydrogen-bond donors (Lipinski definition) is 0. The van der Waals surface area contributed by atoms with Crippen LogP contribution in [0, 0.1) is 0 Å². The summed E-state index contributed by atoms with van der Waals surface area (Å²) in [5.74, 6) is 1.94. The van der Waals surface area contributed by atoms with Gasteiger partial charge in [-0.3, -0.25) is 4.79 Å². The maximum absolute atomic E-state index is 12.4. The van der Waals surface area contributed by atoms with Gasteiger partial charge in [0.25, 0.3) is 0 Å². The zero-order chi connectivity index (χ0) is 17.9. The molecule has 0 aliphatic heterocycles. The molecule has 0 amide bonds. The van der Waals surface area contributed by atoms with E-state index in [0.29, 0.717) is 22.3 Å². The zero-order valence-electron chi connectivity index (χ0n) is 14.1. The second kappa shape index (κ2) is 7.64. The van der Waals surface area contributed by atoms with Crippen LogP contribution in [0.5, 0.6) is 0 Å². The van der Waals surface area contributed by atoms with Crippen molar-refractivity contribution in [1.82, 2.24) is 14.8 Å². The van der Waals surface area contributed by atoms with Crippen LogP contribution in [0.25, 0.3) is 0 Å². The summed E-state index contributed by atoms with van der Waals surface area (Å²) in [5.41, 5.74) is 1.87. The monoisotopic (exact) mass is 383 g/mol. The summed E-state index contributed by atoms with van der Waals surface area (Å²) in [4.78, 5) is 12.4. The molecular weight excluding hydrogens is 366 g/mol. The third kappa shape index (κ3) is 4.00. The van der Waals surface area contributed by atoms with E-state index in [9.17, 15) is 4.79 Å². The molecule has 2 aromatic carbocycles. The molecule has 1 aliphatic rings. The third-order valence-electron chi connectivity index (χ3n) is 4.37. The standard InChI is InChI=1S/C20H18ClN3OS/c21-17-10-8-15(9-11-17)18(25)13-26-20-23-22-19(16-6-7-16)24(20)12-14-4-2-1-3-5-14/h1-5,8-11,16H,6-7,12-13H2. The van der Waals surface area contributed by atoms with Gasteiger partial charge in [-0.1, -0.05) is 53.7 Å². The van der Waals surface area contributed by atoms with Gasteiger partial charge in [-0.15, -0.1) is 10.2 Å². The van der Waals surface area contributed by atoms with Crippen molar-refractivity contribution in [3.05, 3.63) is 76.6 Å². The average Bonchev–Trinajstić information content (AvgIpc) is 3.43. The van der Waals surface area contributed by atoms with Crippen molar-refractivity contribution in [2.75, 3.05) is 5.75 Å². The van der Waals surface area contributed by atoms with E-state index in [1.165, 1.54) is 30.2 Å². The smallest absolute Gasteiger partial charge is 0.191 e. The molecule has 1 heterocycles. The molecule has 0 unspecified atom stereocenters. The van der Waals surface area contributed by atoms with E-state index in [-0.39, 0.29) is 5.78 Å². The third-order valence-corrected chi connectivity index (χ3v) is 5.59. The molecule has 0 saturated heterocycles. The molecular formula is C20H18ClN3OS. The van der Waals surface area contributed by atoms with E-state index >= 15 is 0 Å². The van der Waals surface area contributed by atoms with Crippen LogP contribution in [0.1, 0.15) is 40.5 Å². The minimum absolute atomic E-state index is 0.0638. The molecule has 4 nitrogen and oxygen atoms in total. The molecule has 1 fully saturated rings. The number of aromatic nitrogens is 3. The Morgan fingerprint density at radius 3 is 2.50 bits per heavy atom. The van der Waals surface area contributed by atoms with Crippen molar-refractivity contribution >= 4 is 29.1 Å². The highest BCUT2D eigenvalue weighted by Gasteiger charge is 2.30. The molecule has 0 atom stereocenters. The average molecular weight is 384 g/mol. The molecule has 4 rings (SSSR count). The SMILES string of the molecule is O=C(CSc1nnc(C2CC2)n1Cc1ccccc1)c1ccc(Cl)cc1. The normalized spacial score (nSPS) is 13.7. The van der Waals surface area contributed by atoms with Gasteiger partial charge in [0.05, 0.1) is 12.3 Å². The van der Waals surface area contributed by atoms with Crippen LogP contribution in [-0.4, -0.2) is 26.3 Å². The predicted octanol–water partition coefficient (Wildman–Crippen LogP) is 4.83. The van der Waals surface area contributed by atoms with Crippen LogP contribution in [0.15, 0.2) is 59.8 Å². The van der Waals surface area contributed by atoms with Gasteiger partial charge < -0.3 is 4.57 Å². The highest BCUT2D eigenvalue weighted by Crippen LogP contribution is 2.40. The lowest BCUT2D eigenvalue weighted by Gasteiger charge is -2.10. The van der Waals surface area contributed by atoms with Gasteiger partial charge in [0, 0.05) is 16.5 Å². The van der Waals surface area contributed by atoms with Crippen molar-refractivity contribution in [2.45, 2.75) is 30.5 Å². The number of nitrogens with zero attached hydrogens (tertiary/aromatic N) is 3. The van der Waals surface area contributed by atoms with Crippen LogP contribution in [0.4, 0.5) is 0 Å². The Morgan fingerprint density at radius 2 is 1.81 bits per heavy atom. The zero-order valence-corrected chi connectivity index (χ0v) is 15.7. The molecule has 26 heavy (non-hydrogen) atoms. The molecule has 0 radical (unpaired) electrons. The Hall–Kier alpha value is -2.11. The topological polar surface area (TPSA) is 47.8 Å². The lowest BCUT2D eigenvalue weighted by Crippen LogP contribution is -2.08. The Labute approximate surface area is 161 Å². The van der Waals surface area contributed by atoms with E-state index in [4.69, 9.17) is 11.6 Å². The van der Waals surface area contributed by atoms with Crippen molar-refractivity contribution < 1.29 is 4.79 Å². The molecule has 3 aromatic rings. The summed E-state index contributed by atoms with van der Waals surface area (Å²) in [7, 11) is 0. The summed E-state index contributed by atoms with van der Waals surface area (Å²) >= 11 is 7.33. The highest BCUT2D eigenvalue weighted by atomic mass is 35.5. The summed E-state index contributed by atoms with van der Waals surface area (Å²) < 4.78 is 2.16. The second-order valence-corrected chi connectivity index (χ2v) is 7.78. The summed E-state index contributed by atoms with van der Waals surface area (Å²) in [6.07, 6.45) is 2.34. The molecule has 0 N–H and O–H groups in total. The summed E-state index contributed by atoms with van der Waals surface area (Å²) in [6, 6.07) is 17.3. The maximum Gasteiger partial charge on any atom is 0.191 e. The van der Waals surface area contributed by atoms with E-state index in [1.807, 2.05) is 18.2 Å². The number of benzene rings is 2. The first kappa shape index (κ1) is 17.3. The van der Waals surface area contributed by atoms with Crippen LogP contribution < -0.4 is 0 Å². The number of carbonyl (C=O) groups excluding carboxylic acids is 1. The fourth-order valence-corrected chi connectivity index (χ4v) is 3.78. The second-order valence-electron chi connectivity index (χ2n) is 6.41. The molecule has 132 valence electrons. The van der Waals surface area contributed by atoms with Gasteiger partial charge in [-0.2, -0.15) is 0 Å².